The van der Waals surface area contributed by atoms with Gasteiger partial charge in [-0.3, -0.25) is 9.89 Å². The molecule has 0 saturated heterocycles. The molecule has 0 aliphatic heterocycles. The van der Waals surface area contributed by atoms with Crippen LogP contribution in [0.2, 0.25) is 0 Å². The number of aromatic amines is 1. The van der Waals surface area contributed by atoms with Gasteiger partial charge < -0.3 is 0 Å². The number of nitrogens with one attached hydrogen (secondary N) is 1. The number of H-pyrrole nitrogens is 1. The number of hydrogen-bond donors (Lipinski definition) is 1. The highest BCUT2D eigenvalue weighted by molar-refractivity contribution is 8.00. The second kappa shape index (κ2) is 5.17. The zero-order valence-corrected chi connectivity index (χ0v) is 11.5. The van der Waals surface area contributed by atoms with E-state index in [1.807, 2.05) is 37.3 Å². The molecular formula is C14H15N3OS. The van der Waals surface area contributed by atoms with E-state index >= 15 is 0 Å². The SMILES string of the molecule is CC(Sc1n[nH]c(C2CC2)n1)C(=O)c1ccccc1. The zero-order chi connectivity index (χ0) is 13.2. The average Bonchev–Trinajstić information content (AvgIpc) is 3.20. The highest BCUT2D eigenvalue weighted by Gasteiger charge is 2.28. The van der Waals surface area contributed by atoms with Gasteiger partial charge in [0.05, 0.1) is 5.25 Å². The number of thioether (sulfide) groups is 1. The molecule has 1 N–H and O–H groups in total. The van der Waals surface area contributed by atoms with Crippen molar-refractivity contribution in [2.75, 3.05) is 0 Å². The summed E-state index contributed by atoms with van der Waals surface area (Å²) < 4.78 is 0. The maximum absolute atomic E-state index is 12.2. The Balaban J connectivity index is 1.66. The van der Waals surface area contributed by atoms with E-state index in [2.05, 4.69) is 15.2 Å². The Morgan fingerprint density at radius 3 is 2.79 bits per heavy atom. The van der Waals surface area contributed by atoms with Gasteiger partial charge in [-0.2, -0.15) is 0 Å². The number of carbonyl (C=O) groups excluding carboxylic acids is 1. The Kier molecular flexibility index (Phi) is 3.38. The summed E-state index contributed by atoms with van der Waals surface area (Å²) in [6.07, 6.45) is 2.38. The van der Waals surface area contributed by atoms with Crippen LogP contribution >= 0.6 is 11.8 Å². The monoisotopic (exact) mass is 273 g/mol. The van der Waals surface area contributed by atoms with Crippen LogP contribution in [-0.4, -0.2) is 26.2 Å². The molecule has 19 heavy (non-hydrogen) atoms. The number of hydrogen-bond acceptors (Lipinski definition) is 4. The topological polar surface area (TPSA) is 58.6 Å². The first-order valence-corrected chi connectivity index (χ1v) is 7.30. The molecular weight excluding hydrogens is 258 g/mol. The summed E-state index contributed by atoms with van der Waals surface area (Å²) in [5, 5.41) is 7.62. The van der Waals surface area contributed by atoms with Crippen LogP contribution < -0.4 is 0 Å². The number of carbonyl (C=O) groups is 1. The van der Waals surface area contributed by atoms with Crippen molar-refractivity contribution < 1.29 is 4.79 Å². The van der Waals surface area contributed by atoms with Gasteiger partial charge >= 0.3 is 0 Å². The van der Waals surface area contributed by atoms with Crippen LogP contribution in [0.25, 0.3) is 0 Å². The van der Waals surface area contributed by atoms with Gasteiger partial charge in [-0.25, -0.2) is 4.98 Å². The maximum Gasteiger partial charge on any atom is 0.209 e. The molecule has 98 valence electrons. The van der Waals surface area contributed by atoms with Crippen LogP contribution in [0.1, 0.15) is 41.9 Å². The summed E-state index contributed by atoms with van der Waals surface area (Å²) in [6.45, 7) is 1.90. The van der Waals surface area contributed by atoms with Crippen molar-refractivity contribution in [1.82, 2.24) is 15.2 Å². The van der Waals surface area contributed by atoms with Crippen molar-refractivity contribution in [2.24, 2.45) is 0 Å². The van der Waals surface area contributed by atoms with Gasteiger partial charge in [0.1, 0.15) is 5.82 Å². The summed E-state index contributed by atoms with van der Waals surface area (Å²) in [5.74, 6) is 1.63. The number of benzene rings is 1. The Morgan fingerprint density at radius 2 is 2.11 bits per heavy atom. The van der Waals surface area contributed by atoms with E-state index in [1.54, 1.807) is 0 Å². The number of nitrogens with zero attached hydrogens (tertiary/aromatic N) is 2. The van der Waals surface area contributed by atoms with E-state index in [0.29, 0.717) is 11.1 Å². The molecule has 0 amide bonds. The summed E-state index contributed by atoms with van der Waals surface area (Å²) >= 11 is 1.41. The van der Waals surface area contributed by atoms with Crippen molar-refractivity contribution >= 4 is 17.5 Å². The van der Waals surface area contributed by atoms with Crippen LogP contribution in [0.4, 0.5) is 0 Å². The molecule has 2 aromatic rings. The predicted molar refractivity (Wildman–Crippen MR) is 74.4 cm³/mol. The molecule has 1 aliphatic carbocycles. The number of aromatic nitrogens is 3. The number of ketones is 1. The summed E-state index contributed by atoms with van der Waals surface area (Å²) in [4.78, 5) is 16.6. The van der Waals surface area contributed by atoms with Crippen LogP contribution in [0.15, 0.2) is 35.5 Å². The first-order valence-electron chi connectivity index (χ1n) is 6.42. The minimum Gasteiger partial charge on any atom is -0.293 e. The third kappa shape index (κ3) is 2.87. The van der Waals surface area contributed by atoms with E-state index in [9.17, 15) is 4.79 Å². The summed E-state index contributed by atoms with van der Waals surface area (Å²) in [5.41, 5.74) is 0.737. The van der Waals surface area contributed by atoms with Gasteiger partial charge in [-0.15, -0.1) is 5.10 Å². The fraction of sp³-hybridized carbons (Fsp3) is 0.357. The number of rotatable bonds is 5. The minimum atomic E-state index is -0.176. The molecule has 4 nitrogen and oxygen atoms in total. The minimum absolute atomic E-state index is 0.114. The summed E-state index contributed by atoms with van der Waals surface area (Å²) in [7, 11) is 0. The third-order valence-electron chi connectivity index (χ3n) is 3.16. The van der Waals surface area contributed by atoms with Crippen molar-refractivity contribution in [3.05, 3.63) is 41.7 Å². The van der Waals surface area contributed by atoms with Crippen LogP contribution in [0.5, 0.6) is 0 Å². The molecule has 1 atom stereocenters. The van der Waals surface area contributed by atoms with Gasteiger partial charge in [0.2, 0.25) is 5.16 Å². The lowest BCUT2D eigenvalue weighted by molar-refractivity contribution is 0.0994. The fourth-order valence-electron chi connectivity index (χ4n) is 1.90. The van der Waals surface area contributed by atoms with Gasteiger partial charge in [-0.1, -0.05) is 42.1 Å². The standard InChI is InChI=1S/C14H15N3OS/c1-9(12(18)10-5-3-2-4-6-10)19-14-15-13(16-17-14)11-7-8-11/h2-6,9,11H,7-8H2,1H3,(H,15,16,17). The highest BCUT2D eigenvalue weighted by atomic mass is 32.2. The predicted octanol–water partition coefficient (Wildman–Crippen LogP) is 3.05. The molecule has 1 aliphatic rings. The Bertz CT molecular complexity index is 577. The zero-order valence-electron chi connectivity index (χ0n) is 10.7. The van der Waals surface area contributed by atoms with E-state index in [1.165, 1.54) is 24.6 Å². The van der Waals surface area contributed by atoms with Crippen molar-refractivity contribution in [3.63, 3.8) is 0 Å². The van der Waals surface area contributed by atoms with Gasteiger partial charge in [-0.05, 0) is 19.8 Å². The molecule has 1 heterocycles. The molecule has 1 aromatic heterocycles. The normalized spacial score (nSPS) is 16.3. The molecule has 3 rings (SSSR count). The second-order valence-corrected chi connectivity index (χ2v) is 6.08. The molecule has 5 heteroatoms. The van der Waals surface area contributed by atoms with Crippen molar-refractivity contribution in [1.29, 1.82) is 0 Å². The van der Waals surface area contributed by atoms with Crippen LogP contribution in [-0.2, 0) is 0 Å². The largest absolute Gasteiger partial charge is 0.293 e. The maximum atomic E-state index is 12.2. The van der Waals surface area contributed by atoms with Gasteiger partial charge in [0.15, 0.2) is 5.78 Å². The van der Waals surface area contributed by atoms with Gasteiger partial charge in [0.25, 0.3) is 0 Å². The number of Topliss-reactive ketones (excluding diaryl/α,β-unsaturated/α-hetero) is 1. The second-order valence-electron chi connectivity index (χ2n) is 4.77. The Morgan fingerprint density at radius 1 is 1.37 bits per heavy atom. The van der Waals surface area contributed by atoms with E-state index < -0.39 is 0 Å². The fourth-order valence-corrected chi connectivity index (χ4v) is 2.71. The Hall–Kier alpha value is -1.62. The smallest absolute Gasteiger partial charge is 0.209 e. The molecule has 0 spiro atoms. The molecule has 0 radical (unpaired) electrons. The van der Waals surface area contributed by atoms with Crippen molar-refractivity contribution in [3.8, 4) is 0 Å². The van der Waals surface area contributed by atoms with Crippen LogP contribution in [0, 0.1) is 0 Å². The van der Waals surface area contributed by atoms with E-state index in [4.69, 9.17) is 0 Å². The van der Waals surface area contributed by atoms with Crippen LogP contribution in [0.3, 0.4) is 0 Å². The van der Waals surface area contributed by atoms with E-state index in [0.717, 1.165) is 11.4 Å². The van der Waals surface area contributed by atoms with Crippen molar-refractivity contribution in [2.45, 2.75) is 36.1 Å². The molecule has 0 bridgehead atoms. The Labute approximate surface area is 116 Å². The lowest BCUT2D eigenvalue weighted by atomic mass is 10.1. The van der Waals surface area contributed by atoms with Gasteiger partial charge in [0, 0.05) is 11.5 Å². The van der Waals surface area contributed by atoms with E-state index in [-0.39, 0.29) is 11.0 Å². The average molecular weight is 273 g/mol. The third-order valence-corrected chi connectivity index (χ3v) is 4.12. The highest BCUT2D eigenvalue weighted by Crippen LogP contribution is 2.38. The molecule has 1 saturated carbocycles. The molecule has 1 unspecified atom stereocenters. The summed E-state index contributed by atoms with van der Waals surface area (Å²) in [6, 6.07) is 9.34. The molecule has 1 fully saturated rings. The first-order chi connectivity index (χ1) is 9.24. The molecule has 1 aromatic carbocycles. The first kappa shape index (κ1) is 12.4. The lowest BCUT2D eigenvalue weighted by Gasteiger charge is -2.07. The quantitative estimate of drug-likeness (QED) is 0.672. The lowest BCUT2D eigenvalue weighted by Crippen LogP contribution is -2.13.